The first-order valence-corrected chi connectivity index (χ1v) is 6.44. The van der Waals surface area contributed by atoms with Gasteiger partial charge in [-0.1, -0.05) is 26.2 Å². The van der Waals surface area contributed by atoms with Crippen LogP contribution in [-0.4, -0.2) is 24.5 Å². The topological polar surface area (TPSA) is 55.4 Å². The van der Waals surface area contributed by atoms with Crippen molar-refractivity contribution in [2.45, 2.75) is 57.9 Å². The SMILES string of the molecule is CCCC(C)(NC(=O)C1CCCC1)C(=O)OC. The van der Waals surface area contributed by atoms with Gasteiger partial charge in [-0.25, -0.2) is 4.79 Å². The number of rotatable bonds is 5. The van der Waals surface area contributed by atoms with Crippen LogP contribution in [0, 0.1) is 5.92 Å². The number of hydrogen-bond donors (Lipinski definition) is 1. The molecule has 0 bridgehead atoms. The molecular formula is C13H23NO3. The van der Waals surface area contributed by atoms with E-state index >= 15 is 0 Å². The summed E-state index contributed by atoms with van der Waals surface area (Å²) in [5, 5.41) is 2.87. The minimum atomic E-state index is -0.872. The first-order valence-electron chi connectivity index (χ1n) is 6.44. The van der Waals surface area contributed by atoms with E-state index in [1.165, 1.54) is 7.11 Å². The van der Waals surface area contributed by atoms with Gasteiger partial charge < -0.3 is 10.1 Å². The monoisotopic (exact) mass is 241 g/mol. The lowest BCUT2D eigenvalue weighted by atomic mass is 9.94. The summed E-state index contributed by atoms with van der Waals surface area (Å²) in [5.74, 6) is -0.273. The van der Waals surface area contributed by atoms with Gasteiger partial charge in [-0.2, -0.15) is 0 Å². The molecule has 0 aliphatic heterocycles. The summed E-state index contributed by atoms with van der Waals surface area (Å²) >= 11 is 0. The Bertz CT molecular complexity index is 284. The van der Waals surface area contributed by atoms with Gasteiger partial charge in [0, 0.05) is 5.92 Å². The van der Waals surface area contributed by atoms with Crippen LogP contribution >= 0.6 is 0 Å². The number of amides is 1. The molecule has 1 saturated carbocycles. The molecule has 0 saturated heterocycles. The second-order valence-electron chi connectivity index (χ2n) is 5.04. The maximum Gasteiger partial charge on any atom is 0.331 e. The van der Waals surface area contributed by atoms with Gasteiger partial charge in [-0.05, 0) is 26.2 Å². The van der Waals surface area contributed by atoms with Crippen molar-refractivity contribution in [3.8, 4) is 0 Å². The Hall–Kier alpha value is -1.06. The van der Waals surface area contributed by atoms with Crippen LogP contribution in [0.4, 0.5) is 0 Å². The predicted octanol–water partition coefficient (Wildman–Crippen LogP) is 2.02. The lowest BCUT2D eigenvalue weighted by Crippen LogP contribution is -2.54. The van der Waals surface area contributed by atoms with Crippen LogP contribution in [-0.2, 0) is 14.3 Å². The summed E-state index contributed by atoms with van der Waals surface area (Å²) in [6.45, 7) is 3.73. The van der Waals surface area contributed by atoms with Crippen molar-refractivity contribution in [1.29, 1.82) is 0 Å². The number of esters is 1. The Morgan fingerprint density at radius 2 is 1.94 bits per heavy atom. The van der Waals surface area contributed by atoms with Crippen molar-refractivity contribution >= 4 is 11.9 Å². The summed E-state index contributed by atoms with van der Waals surface area (Å²) in [4.78, 5) is 23.8. The standard InChI is InChI=1S/C13H23NO3/c1-4-9-13(2,12(16)17-3)14-11(15)10-7-5-6-8-10/h10H,4-9H2,1-3H3,(H,14,15). The third-order valence-corrected chi connectivity index (χ3v) is 3.51. The lowest BCUT2D eigenvalue weighted by Gasteiger charge is -2.28. The molecule has 98 valence electrons. The molecule has 1 aliphatic carbocycles. The minimum Gasteiger partial charge on any atom is -0.467 e. The molecule has 1 fully saturated rings. The Morgan fingerprint density at radius 1 is 1.35 bits per heavy atom. The van der Waals surface area contributed by atoms with Gasteiger partial charge >= 0.3 is 5.97 Å². The molecule has 1 amide bonds. The predicted molar refractivity (Wildman–Crippen MR) is 65.4 cm³/mol. The molecular weight excluding hydrogens is 218 g/mol. The molecule has 0 heterocycles. The summed E-state index contributed by atoms with van der Waals surface area (Å²) in [5.41, 5.74) is -0.872. The van der Waals surface area contributed by atoms with Crippen molar-refractivity contribution < 1.29 is 14.3 Å². The Balaban J connectivity index is 2.65. The number of carbonyl (C=O) groups excluding carboxylic acids is 2. The number of methoxy groups -OCH3 is 1. The van der Waals surface area contributed by atoms with Crippen LogP contribution in [0.3, 0.4) is 0 Å². The maximum absolute atomic E-state index is 12.0. The zero-order valence-corrected chi connectivity index (χ0v) is 11.0. The number of ether oxygens (including phenoxy) is 1. The smallest absolute Gasteiger partial charge is 0.331 e. The fraction of sp³-hybridized carbons (Fsp3) is 0.846. The normalized spacial score (nSPS) is 19.7. The molecule has 1 aliphatic rings. The van der Waals surface area contributed by atoms with E-state index in [0.717, 1.165) is 32.1 Å². The summed E-state index contributed by atoms with van der Waals surface area (Å²) in [6, 6.07) is 0. The van der Waals surface area contributed by atoms with Gasteiger partial charge in [-0.3, -0.25) is 4.79 Å². The summed E-state index contributed by atoms with van der Waals surface area (Å²) < 4.78 is 4.78. The molecule has 1 unspecified atom stereocenters. The van der Waals surface area contributed by atoms with E-state index in [9.17, 15) is 9.59 Å². The van der Waals surface area contributed by atoms with Gasteiger partial charge in [0.25, 0.3) is 0 Å². The average molecular weight is 241 g/mol. The van der Waals surface area contributed by atoms with Crippen molar-refractivity contribution in [3.05, 3.63) is 0 Å². The Kier molecular flexibility index (Phi) is 4.97. The van der Waals surface area contributed by atoms with E-state index in [2.05, 4.69) is 5.32 Å². The second-order valence-corrected chi connectivity index (χ2v) is 5.04. The maximum atomic E-state index is 12.0. The summed E-state index contributed by atoms with van der Waals surface area (Å²) in [7, 11) is 1.36. The van der Waals surface area contributed by atoms with Gasteiger partial charge in [0.05, 0.1) is 7.11 Å². The second kappa shape index (κ2) is 6.03. The molecule has 1 N–H and O–H groups in total. The van der Waals surface area contributed by atoms with Crippen LogP contribution < -0.4 is 5.32 Å². The molecule has 1 atom stereocenters. The lowest BCUT2D eigenvalue weighted by molar-refractivity contribution is -0.151. The molecule has 1 rings (SSSR count). The molecule has 0 spiro atoms. The minimum absolute atomic E-state index is 0.00356. The van der Waals surface area contributed by atoms with Crippen LogP contribution in [0.1, 0.15) is 52.4 Å². The third kappa shape index (κ3) is 3.45. The largest absolute Gasteiger partial charge is 0.467 e. The molecule has 17 heavy (non-hydrogen) atoms. The highest BCUT2D eigenvalue weighted by atomic mass is 16.5. The average Bonchev–Trinajstić information content (AvgIpc) is 2.81. The number of carbonyl (C=O) groups is 2. The third-order valence-electron chi connectivity index (χ3n) is 3.51. The van der Waals surface area contributed by atoms with Crippen LogP contribution in [0.2, 0.25) is 0 Å². The Morgan fingerprint density at radius 3 is 2.41 bits per heavy atom. The van der Waals surface area contributed by atoms with Crippen LogP contribution in [0.15, 0.2) is 0 Å². The zero-order valence-electron chi connectivity index (χ0n) is 11.0. The highest BCUT2D eigenvalue weighted by Crippen LogP contribution is 2.26. The van der Waals surface area contributed by atoms with E-state index in [-0.39, 0.29) is 17.8 Å². The molecule has 0 aromatic heterocycles. The fourth-order valence-electron chi connectivity index (χ4n) is 2.50. The van der Waals surface area contributed by atoms with Crippen molar-refractivity contribution in [1.82, 2.24) is 5.32 Å². The van der Waals surface area contributed by atoms with E-state index in [4.69, 9.17) is 4.74 Å². The van der Waals surface area contributed by atoms with Gasteiger partial charge in [0.15, 0.2) is 0 Å². The first kappa shape index (κ1) is 14.0. The van der Waals surface area contributed by atoms with Gasteiger partial charge in [0.1, 0.15) is 5.54 Å². The van der Waals surface area contributed by atoms with Crippen molar-refractivity contribution in [3.63, 3.8) is 0 Å². The number of hydrogen-bond acceptors (Lipinski definition) is 3. The van der Waals surface area contributed by atoms with Crippen LogP contribution in [0.5, 0.6) is 0 Å². The van der Waals surface area contributed by atoms with Crippen molar-refractivity contribution in [2.75, 3.05) is 7.11 Å². The van der Waals surface area contributed by atoms with Crippen LogP contribution in [0.25, 0.3) is 0 Å². The molecule has 0 radical (unpaired) electrons. The highest BCUT2D eigenvalue weighted by Gasteiger charge is 2.37. The zero-order chi connectivity index (χ0) is 12.9. The van der Waals surface area contributed by atoms with Crippen molar-refractivity contribution in [2.24, 2.45) is 5.92 Å². The fourth-order valence-corrected chi connectivity index (χ4v) is 2.50. The highest BCUT2D eigenvalue weighted by molar-refractivity contribution is 5.88. The molecule has 4 nitrogen and oxygen atoms in total. The van der Waals surface area contributed by atoms with E-state index < -0.39 is 5.54 Å². The first-order chi connectivity index (χ1) is 8.03. The number of nitrogens with one attached hydrogen (secondary N) is 1. The summed E-state index contributed by atoms with van der Waals surface area (Å²) in [6.07, 6.45) is 5.54. The van der Waals surface area contributed by atoms with Gasteiger partial charge in [-0.15, -0.1) is 0 Å². The quantitative estimate of drug-likeness (QED) is 0.749. The van der Waals surface area contributed by atoms with E-state index in [0.29, 0.717) is 6.42 Å². The van der Waals surface area contributed by atoms with E-state index in [1.807, 2.05) is 6.92 Å². The molecule has 4 heteroatoms. The van der Waals surface area contributed by atoms with Gasteiger partial charge in [0.2, 0.25) is 5.91 Å². The molecule has 0 aromatic rings. The van der Waals surface area contributed by atoms with E-state index in [1.54, 1.807) is 6.92 Å². The molecule has 0 aromatic carbocycles. The Labute approximate surface area is 103 Å².